The van der Waals surface area contributed by atoms with Gasteiger partial charge in [-0.25, -0.2) is 0 Å². The van der Waals surface area contributed by atoms with Crippen LogP contribution in [0.15, 0.2) is 30.3 Å². The molecule has 5 heteroatoms. The summed E-state index contributed by atoms with van der Waals surface area (Å²) >= 11 is 0. The van der Waals surface area contributed by atoms with Crippen LogP contribution >= 0.6 is 0 Å². The van der Waals surface area contributed by atoms with E-state index in [1.165, 1.54) is 0 Å². The average molecular weight is 390 g/mol. The summed E-state index contributed by atoms with van der Waals surface area (Å²) in [5, 5.41) is 3.42. The van der Waals surface area contributed by atoms with Gasteiger partial charge in [0.2, 0.25) is 0 Å². The zero-order chi connectivity index (χ0) is 20.7. The van der Waals surface area contributed by atoms with Crippen molar-refractivity contribution in [1.29, 1.82) is 0 Å². The summed E-state index contributed by atoms with van der Waals surface area (Å²) in [5.41, 5.74) is 0.448. The van der Waals surface area contributed by atoms with E-state index in [0.29, 0.717) is 6.42 Å². The average Bonchev–Trinajstić information content (AvgIpc) is 3.15. The Morgan fingerprint density at radius 1 is 1.21 bits per heavy atom. The molecule has 0 amide bonds. The number of esters is 1. The van der Waals surface area contributed by atoms with Crippen LogP contribution in [-0.2, 0) is 25.5 Å². The molecule has 156 valence electrons. The molecule has 1 fully saturated rings. The molecule has 1 aliphatic rings. The molecule has 0 saturated carbocycles. The molecule has 1 N–H and O–H groups in total. The minimum Gasteiger partial charge on any atom is -0.460 e. The van der Waals surface area contributed by atoms with Crippen LogP contribution in [0.4, 0.5) is 0 Å². The van der Waals surface area contributed by atoms with Gasteiger partial charge >= 0.3 is 5.97 Å². The second kappa shape index (κ2) is 10.2. The fraction of sp³-hybridized carbons (Fsp3) is 0.652. The Bertz CT molecular complexity index is 632. The van der Waals surface area contributed by atoms with Gasteiger partial charge < -0.3 is 14.8 Å². The van der Waals surface area contributed by atoms with Crippen LogP contribution in [0.1, 0.15) is 52.5 Å². The number of carbonyl (C=O) groups is 2. The van der Waals surface area contributed by atoms with Crippen molar-refractivity contribution in [3.8, 4) is 0 Å². The molecule has 28 heavy (non-hydrogen) atoms. The SMILES string of the molecule is CO[C@@H]([C@@H]1CCCN1)[C@@H](C)C(=O)C[C@@H](Cc1ccccc1)C(=O)OC(C)(C)C. The van der Waals surface area contributed by atoms with Crippen LogP contribution in [0.3, 0.4) is 0 Å². The number of hydrogen-bond donors (Lipinski definition) is 1. The van der Waals surface area contributed by atoms with E-state index in [4.69, 9.17) is 9.47 Å². The number of ether oxygens (including phenoxy) is 2. The monoisotopic (exact) mass is 389 g/mol. The molecule has 1 saturated heterocycles. The number of benzene rings is 1. The van der Waals surface area contributed by atoms with Crippen molar-refractivity contribution in [3.05, 3.63) is 35.9 Å². The van der Waals surface area contributed by atoms with Crippen LogP contribution in [0.25, 0.3) is 0 Å². The van der Waals surface area contributed by atoms with Crippen LogP contribution in [0.5, 0.6) is 0 Å². The first-order chi connectivity index (χ1) is 13.2. The summed E-state index contributed by atoms with van der Waals surface area (Å²) < 4.78 is 11.3. The van der Waals surface area contributed by atoms with Crippen molar-refractivity contribution in [2.45, 2.75) is 71.1 Å². The van der Waals surface area contributed by atoms with E-state index < -0.39 is 11.5 Å². The fourth-order valence-electron chi connectivity index (χ4n) is 3.84. The predicted octanol–water partition coefficient (Wildman–Crippen LogP) is 3.55. The molecule has 2 rings (SSSR count). The van der Waals surface area contributed by atoms with Gasteiger partial charge in [-0.2, -0.15) is 0 Å². The standard InChI is InChI=1S/C23H35NO4/c1-16(21(27-5)19-12-9-13-24-19)20(25)15-18(22(26)28-23(2,3)4)14-17-10-7-6-8-11-17/h6-8,10-11,16,18-19,21,24H,9,12-15H2,1-5H3/t16-,18+,19-,21+/m0/s1. The van der Waals surface area contributed by atoms with Crippen molar-refractivity contribution < 1.29 is 19.1 Å². The lowest BCUT2D eigenvalue weighted by molar-refractivity contribution is -0.161. The molecule has 1 aromatic carbocycles. The maximum absolute atomic E-state index is 13.1. The fourth-order valence-corrected chi connectivity index (χ4v) is 3.84. The number of methoxy groups -OCH3 is 1. The van der Waals surface area contributed by atoms with Gasteiger partial charge in [-0.05, 0) is 52.1 Å². The number of nitrogens with one attached hydrogen (secondary N) is 1. The summed E-state index contributed by atoms with van der Waals surface area (Å²) in [6.07, 6.45) is 2.59. The smallest absolute Gasteiger partial charge is 0.310 e. The third-order valence-corrected chi connectivity index (χ3v) is 5.28. The lowest BCUT2D eigenvalue weighted by atomic mass is 9.86. The molecule has 4 atom stereocenters. The van der Waals surface area contributed by atoms with Crippen molar-refractivity contribution >= 4 is 11.8 Å². The van der Waals surface area contributed by atoms with Crippen molar-refractivity contribution in [2.24, 2.45) is 11.8 Å². The molecule has 0 radical (unpaired) electrons. The van der Waals surface area contributed by atoms with Crippen LogP contribution in [-0.4, -0.2) is 43.2 Å². The third-order valence-electron chi connectivity index (χ3n) is 5.28. The number of ketones is 1. The summed E-state index contributed by atoms with van der Waals surface area (Å²) in [6.45, 7) is 8.41. The van der Waals surface area contributed by atoms with E-state index in [1.807, 2.05) is 58.0 Å². The van der Waals surface area contributed by atoms with E-state index >= 15 is 0 Å². The molecule has 1 aliphatic heterocycles. The van der Waals surface area contributed by atoms with Crippen LogP contribution in [0.2, 0.25) is 0 Å². The Morgan fingerprint density at radius 2 is 1.89 bits per heavy atom. The number of rotatable bonds is 9. The summed E-state index contributed by atoms with van der Waals surface area (Å²) in [4.78, 5) is 25.9. The van der Waals surface area contributed by atoms with Gasteiger partial charge in [-0.1, -0.05) is 37.3 Å². The molecule has 0 spiro atoms. The van der Waals surface area contributed by atoms with Gasteiger partial charge in [0.15, 0.2) is 0 Å². The Hall–Kier alpha value is -1.72. The molecular formula is C23H35NO4. The second-order valence-corrected chi connectivity index (χ2v) is 8.78. The lowest BCUT2D eigenvalue weighted by Crippen LogP contribution is -2.44. The highest BCUT2D eigenvalue weighted by Gasteiger charge is 2.35. The van der Waals surface area contributed by atoms with Gasteiger partial charge in [-0.3, -0.25) is 9.59 Å². The van der Waals surface area contributed by atoms with E-state index in [2.05, 4.69) is 5.32 Å². The van der Waals surface area contributed by atoms with Gasteiger partial charge in [0.1, 0.15) is 11.4 Å². The molecular weight excluding hydrogens is 354 g/mol. The first-order valence-corrected chi connectivity index (χ1v) is 10.3. The Morgan fingerprint density at radius 3 is 2.43 bits per heavy atom. The summed E-state index contributed by atoms with van der Waals surface area (Å²) in [6, 6.07) is 9.98. The normalized spacial score (nSPS) is 20.4. The first kappa shape index (κ1) is 22.6. The van der Waals surface area contributed by atoms with Gasteiger partial charge in [0, 0.05) is 25.5 Å². The minimum atomic E-state index is -0.580. The van der Waals surface area contributed by atoms with Crippen LogP contribution < -0.4 is 5.32 Å². The quantitative estimate of drug-likeness (QED) is 0.655. The van der Waals surface area contributed by atoms with E-state index in [-0.39, 0.29) is 36.2 Å². The Balaban J connectivity index is 2.10. The van der Waals surface area contributed by atoms with Gasteiger partial charge in [0.05, 0.1) is 12.0 Å². The topological polar surface area (TPSA) is 64.6 Å². The van der Waals surface area contributed by atoms with Crippen molar-refractivity contribution in [3.63, 3.8) is 0 Å². The van der Waals surface area contributed by atoms with Gasteiger partial charge in [-0.15, -0.1) is 0 Å². The molecule has 5 nitrogen and oxygen atoms in total. The number of Topliss-reactive ketones (excluding diaryl/α,β-unsaturated/α-hetero) is 1. The Labute approximate surface area is 169 Å². The highest BCUT2D eigenvalue weighted by Crippen LogP contribution is 2.24. The molecule has 0 aromatic heterocycles. The van der Waals surface area contributed by atoms with Gasteiger partial charge in [0.25, 0.3) is 0 Å². The third kappa shape index (κ3) is 6.71. The molecule has 0 bridgehead atoms. The molecule has 1 heterocycles. The van der Waals surface area contributed by atoms with Crippen LogP contribution in [0, 0.1) is 11.8 Å². The summed E-state index contributed by atoms with van der Waals surface area (Å²) in [5.74, 6) is -1.04. The molecule has 1 aromatic rings. The zero-order valence-corrected chi connectivity index (χ0v) is 17.9. The second-order valence-electron chi connectivity index (χ2n) is 8.78. The molecule has 0 unspecified atom stereocenters. The van der Waals surface area contributed by atoms with E-state index in [1.54, 1.807) is 7.11 Å². The zero-order valence-electron chi connectivity index (χ0n) is 17.9. The maximum Gasteiger partial charge on any atom is 0.310 e. The predicted molar refractivity (Wildman–Crippen MR) is 110 cm³/mol. The Kier molecular flexibility index (Phi) is 8.20. The highest BCUT2D eigenvalue weighted by atomic mass is 16.6. The maximum atomic E-state index is 13.1. The van der Waals surface area contributed by atoms with E-state index in [9.17, 15) is 9.59 Å². The largest absolute Gasteiger partial charge is 0.460 e. The highest BCUT2D eigenvalue weighted by molar-refractivity contribution is 5.86. The van der Waals surface area contributed by atoms with Crippen molar-refractivity contribution in [1.82, 2.24) is 5.32 Å². The number of carbonyl (C=O) groups excluding carboxylic acids is 2. The minimum absolute atomic E-state index is 0.0485. The first-order valence-electron chi connectivity index (χ1n) is 10.3. The lowest BCUT2D eigenvalue weighted by Gasteiger charge is -2.29. The summed E-state index contributed by atoms with van der Waals surface area (Å²) in [7, 11) is 1.66. The molecule has 0 aliphatic carbocycles. The van der Waals surface area contributed by atoms with E-state index in [0.717, 1.165) is 24.9 Å². The number of hydrogen-bond acceptors (Lipinski definition) is 5. The van der Waals surface area contributed by atoms with Crippen molar-refractivity contribution in [2.75, 3.05) is 13.7 Å².